The molecule has 1 aliphatic heterocycles. The number of aliphatic hydroxyl groups excluding tert-OH is 4. The summed E-state index contributed by atoms with van der Waals surface area (Å²) in [6.07, 6.45) is 1.30. The van der Waals surface area contributed by atoms with Gasteiger partial charge in [0, 0.05) is 20.2 Å². The Hall–Kier alpha value is -0.240. The van der Waals surface area contributed by atoms with Gasteiger partial charge in [0.05, 0.1) is 24.9 Å². The lowest BCUT2D eigenvalue weighted by Gasteiger charge is -2.45. The van der Waals surface area contributed by atoms with Gasteiger partial charge in [0.25, 0.3) is 0 Å². The quantitative estimate of drug-likeness (QED) is 0.528. The average molecular weight is 289 g/mol. The monoisotopic (exact) mass is 289 g/mol. The van der Waals surface area contributed by atoms with Crippen molar-refractivity contribution in [2.75, 3.05) is 26.8 Å². The van der Waals surface area contributed by atoms with Gasteiger partial charge in [-0.15, -0.1) is 0 Å². The maximum Gasteiger partial charge on any atom is 0.109 e. The second kappa shape index (κ2) is 7.15. The second-order valence-electron chi connectivity index (χ2n) is 6.13. The lowest BCUT2D eigenvalue weighted by molar-refractivity contribution is -0.148. The van der Waals surface area contributed by atoms with Gasteiger partial charge in [-0.1, -0.05) is 0 Å². The van der Waals surface area contributed by atoms with E-state index < -0.39 is 24.4 Å². The van der Waals surface area contributed by atoms with Gasteiger partial charge in [0.2, 0.25) is 0 Å². The first-order valence-corrected chi connectivity index (χ1v) is 7.48. The third kappa shape index (κ3) is 3.50. The van der Waals surface area contributed by atoms with Gasteiger partial charge < -0.3 is 25.2 Å². The lowest BCUT2D eigenvalue weighted by Crippen LogP contribution is -2.63. The molecule has 0 spiro atoms. The molecule has 0 aromatic heterocycles. The minimum atomic E-state index is -1.17. The van der Waals surface area contributed by atoms with Crippen LogP contribution < -0.4 is 0 Å². The molecule has 0 bridgehead atoms. The van der Waals surface area contributed by atoms with Crippen LogP contribution >= 0.6 is 0 Å². The zero-order valence-electron chi connectivity index (χ0n) is 12.1. The number of piperidine rings is 1. The van der Waals surface area contributed by atoms with Gasteiger partial charge in [-0.25, -0.2) is 0 Å². The van der Waals surface area contributed by atoms with Crippen LogP contribution in [0.4, 0.5) is 0 Å². The number of hydrogen-bond donors (Lipinski definition) is 4. The SMILES string of the molecule is CO[C@H]1CC[C@H](CN2C[C@H](O)[C@@H](O)[C@H](O)[C@@H]2CO)CC1. The zero-order valence-corrected chi connectivity index (χ0v) is 12.1. The Bertz CT molecular complexity index is 295. The van der Waals surface area contributed by atoms with Crippen LogP contribution in [0.25, 0.3) is 0 Å². The number of aliphatic hydroxyl groups is 4. The molecule has 6 heteroatoms. The van der Waals surface area contributed by atoms with Gasteiger partial charge in [-0.2, -0.15) is 0 Å². The maximum absolute atomic E-state index is 9.96. The second-order valence-corrected chi connectivity index (χ2v) is 6.13. The van der Waals surface area contributed by atoms with Crippen LogP contribution in [0, 0.1) is 5.92 Å². The Labute approximate surface area is 120 Å². The van der Waals surface area contributed by atoms with Gasteiger partial charge in [-0.05, 0) is 31.6 Å². The molecule has 2 aliphatic rings. The van der Waals surface area contributed by atoms with Crippen LogP contribution in [0.2, 0.25) is 0 Å². The van der Waals surface area contributed by atoms with E-state index in [1.54, 1.807) is 7.11 Å². The molecule has 0 aromatic carbocycles. The normalized spacial score (nSPS) is 43.6. The number of ether oxygens (including phenoxy) is 1. The first-order chi connectivity index (χ1) is 9.56. The van der Waals surface area contributed by atoms with Crippen molar-refractivity contribution in [3.05, 3.63) is 0 Å². The van der Waals surface area contributed by atoms with Crippen LogP contribution in [0.1, 0.15) is 25.7 Å². The first kappa shape index (κ1) is 16.1. The number of likely N-dealkylation sites (tertiary alicyclic amines) is 1. The van der Waals surface area contributed by atoms with E-state index in [2.05, 4.69) is 0 Å². The van der Waals surface area contributed by atoms with Crippen molar-refractivity contribution in [3.63, 3.8) is 0 Å². The molecule has 4 N–H and O–H groups in total. The summed E-state index contributed by atoms with van der Waals surface area (Å²) in [5.41, 5.74) is 0. The highest BCUT2D eigenvalue weighted by Gasteiger charge is 2.41. The Morgan fingerprint density at radius 1 is 1.05 bits per heavy atom. The van der Waals surface area contributed by atoms with E-state index in [1.165, 1.54) is 0 Å². The molecule has 1 aliphatic carbocycles. The minimum absolute atomic E-state index is 0.210. The third-order valence-corrected chi connectivity index (χ3v) is 4.84. The molecule has 2 rings (SSSR count). The molecule has 4 atom stereocenters. The summed E-state index contributed by atoms with van der Waals surface area (Å²) in [7, 11) is 1.74. The number of rotatable bonds is 4. The number of hydrogen-bond acceptors (Lipinski definition) is 6. The fourth-order valence-electron chi connectivity index (χ4n) is 3.47. The summed E-state index contributed by atoms with van der Waals surface area (Å²) in [5, 5.41) is 38.9. The molecule has 1 saturated heterocycles. The topological polar surface area (TPSA) is 93.4 Å². The van der Waals surface area contributed by atoms with Crippen molar-refractivity contribution in [1.29, 1.82) is 0 Å². The molecule has 118 valence electrons. The number of β-amino-alcohol motifs (C(OH)–C–C–N with tert-alkyl or cyclic N) is 1. The van der Waals surface area contributed by atoms with Gasteiger partial charge in [0.1, 0.15) is 12.2 Å². The fraction of sp³-hybridized carbons (Fsp3) is 1.00. The lowest BCUT2D eigenvalue weighted by atomic mass is 9.85. The highest BCUT2D eigenvalue weighted by Crippen LogP contribution is 2.29. The van der Waals surface area contributed by atoms with Crippen LogP contribution in [-0.2, 0) is 4.74 Å². The molecule has 0 radical (unpaired) electrons. The molecule has 1 saturated carbocycles. The fourth-order valence-corrected chi connectivity index (χ4v) is 3.47. The van der Waals surface area contributed by atoms with Gasteiger partial charge in [-0.3, -0.25) is 4.90 Å². The Morgan fingerprint density at radius 2 is 1.70 bits per heavy atom. The Balaban J connectivity index is 1.90. The standard InChI is InChI=1S/C14H27NO5/c1-20-10-4-2-9(3-5-10)6-15-7-12(17)14(19)13(18)11(15)8-16/h9-14,16-19H,2-8H2,1H3/t9-,10-,11-,12-,13+,14+/m0/s1. The van der Waals surface area contributed by atoms with Gasteiger partial charge >= 0.3 is 0 Å². The minimum Gasteiger partial charge on any atom is -0.395 e. The van der Waals surface area contributed by atoms with Crippen molar-refractivity contribution in [1.82, 2.24) is 4.90 Å². The van der Waals surface area contributed by atoms with Crippen molar-refractivity contribution >= 4 is 0 Å². The maximum atomic E-state index is 9.96. The highest BCUT2D eigenvalue weighted by molar-refractivity contribution is 4.95. The largest absolute Gasteiger partial charge is 0.395 e. The molecule has 0 amide bonds. The number of nitrogens with zero attached hydrogens (tertiary/aromatic N) is 1. The van der Waals surface area contributed by atoms with Crippen LogP contribution in [-0.4, -0.2) is 82.6 Å². The van der Waals surface area contributed by atoms with Crippen molar-refractivity contribution in [2.24, 2.45) is 5.92 Å². The van der Waals surface area contributed by atoms with E-state index in [9.17, 15) is 20.4 Å². The van der Waals surface area contributed by atoms with E-state index in [1.807, 2.05) is 4.90 Å². The molecule has 2 fully saturated rings. The third-order valence-electron chi connectivity index (χ3n) is 4.84. The summed E-state index contributed by atoms with van der Waals surface area (Å²) >= 11 is 0. The summed E-state index contributed by atoms with van der Waals surface area (Å²) in [6, 6.07) is -0.492. The summed E-state index contributed by atoms with van der Waals surface area (Å²) < 4.78 is 5.35. The summed E-state index contributed by atoms with van der Waals surface area (Å²) in [4.78, 5) is 1.92. The van der Waals surface area contributed by atoms with Crippen molar-refractivity contribution < 1.29 is 25.2 Å². The van der Waals surface area contributed by atoms with Gasteiger partial charge in [0.15, 0.2) is 0 Å². The molecule has 1 heterocycles. The van der Waals surface area contributed by atoms with Crippen molar-refractivity contribution in [3.8, 4) is 0 Å². The first-order valence-electron chi connectivity index (χ1n) is 7.48. The van der Waals surface area contributed by atoms with E-state index in [0.29, 0.717) is 18.6 Å². The summed E-state index contributed by atoms with van der Waals surface area (Å²) in [5.74, 6) is 0.491. The molecular weight excluding hydrogens is 262 g/mol. The van der Waals surface area contributed by atoms with E-state index in [0.717, 1.165) is 32.2 Å². The van der Waals surface area contributed by atoms with Crippen LogP contribution in [0.15, 0.2) is 0 Å². The highest BCUT2D eigenvalue weighted by atomic mass is 16.5. The van der Waals surface area contributed by atoms with E-state index in [4.69, 9.17) is 4.74 Å². The zero-order chi connectivity index (χ0) is 14.7. The van der Waals surface area contributed by atoms with Crippen molar-refractivity contribution in [2.45, 2.75) is 56.1 Å². The Morgan fingerprint density at radius 3 is 2.25 bits per heavy atom. The van der Waals surface area contributed by atoms with Crippen LogP contribution in [0.5, 0.6) is 0 Å². The molecule has 0 unspecified atom stereocenters. The molecule has 0 aromatic rings. The molecular formula is C14H27NO5. The molecule has 20 heavy (non-hydrogen) atoms. The number of methoxy groups -OCH3 is 1. The van der Waals surface area contributed by atoms with E-state index >= 15 is 0 Å². The van der Waals surface area contributed by atoms with Crippen LogP contribution in [0.3, 0.4) is 0 Å². The predicted octanol–water partition coefficient (Wildman–Crippen LogP) is -1.05. The molecule has 6 nitrogen and oxygen atoms in total. The summed E-state index contributed by atoms with van der Waals surface area (Å²) in [6.45, 7) is 0.828. The van der Waals surface area contributed by atoms with E-state index in [-0.39, 0.29) is 6.61 Å². The Kier molecular flexibility index (Phi) is 5.77. The average Bonchev–Trinajstić information content (AvgIpc) is 2.46. The predicted molar refractivity (Wildman–Crippen MR) is 73.2 cm³/mol. The smallest absolute Gasteiger partial charge is 0.109 e.